The van der Waals surface area contributed by atoms with Crippen LogP contribution in [0.25, 0.3) is 0 Å². The molecule has 0 spiro atoms. The summed E-state index contributed by atoms with van der Waals surface area (Å²) >= 11 is 0. The Balaban J connectivity index is 0. The maximum absolute atomic E-state index is 5.37. The summed E-state index contributed by atoms with van der Waals surface area (Å²) < 4.78 is 0. The number of rotatable bonds is 2. The number of hydrogen-bond donors (Lipinski definition) is 1. The molecule has 1 rings (SSSR count). The molecule has 1 aromatic heterocycles. The van der Waals surface area contributed by atoms with Gasteiger partial charge in [0.15, 0.2) is 0 Å². The van der Waals surface area contributed by atoms with Crippen molar-refractivity contribution in [2.75, 3.05) is 6.54 Å². The molecular formula is C8H14Cl2N2. The van der Waals surface area contributed by atoms with Crippen LogP contribution in [0.5, 0.6) is 0 Å². The molecule has 1 aromatic rings. The van der Waals surface area contributed by atoms with E-state index in [9.17, 15) is 0 Å². The Bertz CT molecular complexity index is 216. The monoisotopic (exact) mass is 208 g/mol. The molecule has 0 unspecified atom stereocenters. The third kappa shape index (κ3) is 4.54. The molecular weight excluding hydrogens is 195 g/mol. The summed E-state index contributed by atoms with van der Waals surface area (Å²) in [5, 5.41) is 0. The molecule has 0 bridgehead atoms. The van der Waals surface area contributed by atoms with Crippen LogP contribution < -0.4 is 5.73 Å². The highest BCUT2D eigenvalue weighted by molar-refractivity contribution is 5.85. The van der Waals surface area contributed by atoms with Crippen molar-refractivity contribution in [3.63, 3.8) is 0 Å². The van der Waals surface area contributed by atoms with E-state index in [2.05, 4.69) is 4.98 Å². The van der Waals surface area contributed by atoms with Crippen molar-refractivity contribution in [3.05, 3.63) is 29.6 Å². The van der Waals surface area contributed by atoms with E-state index >= 15 is 0 Å². The van der Waals surface area contributed by atoms with Crippen molar-refractivity contribution in [2.24, 2.45) is 5.73 Å². The van der Waals surface area contributed by atoms with Gasteiger partial charge in [0.1, 0.15) is 0 Å². The number of pyridine rings is 1. The predicted molar refractivity (Wildman–Crippen MR) is 56.2 cm³/mol. The van der Waals surface area contributed by atoms with E-state index in [0.29, 0.717) is 6.54 Å². The highest BCUT2D eigenvalue weighted by Gasteiger charge is 1.90. The summed E-state index contributed by atoms with van der Waals surface area (Å²) in [6.07, 6.45) is 0.877. The Morgan fingerprint density at radius 1 is 1.33 bits per heavy atom. The lowest BCUT2D eigenvalue weighted by molar-refractivity contribution is 0.912. The van der Waals surface area contributed by atoms with Crippen LogP contribution >= 0.6 is 24.8 Å². The Labute approximate surface area is 85.4 Å². The molecule has 0 saturated heterocycles. The van der Waals surface area contributed by atoms with E-state index in [-0.39, 0.29) is 24.8 Å². The first-order valence-electron chi connectivity index (χ1n) is 3.45. The van der Waals surface area contributed by atoms with E-state index in [1.807, 2.05) is 25.1 Å². The van der Waals surface area contributed by atoms with Crippen molar-refractivity contribution in [3.8, 4) is 0 Å². The second-order valence-electron chi connectivity index (χ2n) is 2.31. The Kier molecular flexibility index (Phi) is 8.71. The maximum Gasteiger partial charge on any atom is 0.0419 e. The first kappa shape index (κ1) is 14.2. The normalized spacial score (nSPS) is 8.17. The van der Waals surface area contributed by atoms with Crippen molar-refractivity contribution in [2.45, 2.75) is 13.3 Å². The molecule has 0 aromatic carbocycles. The standard InChI is InChI=1S/C8H12N2.2ClH/c1-7-3-2-4-8(10-7)5-6-9;;/h2-4H,5-6,9H2,1H3;2*1H. The molecule has 4 heteroatoms. The van der Waals surface area contributed by atoms with E-state index in [0.717, 1.165) is 17.8 Å². The van der Waals surface area contributed by atoms with Crippen LogP contribution in [0.1, 0.15) is 11.4 Å². The van der Waals surface area contributed by atoms with Gasteiger partial charge >= 0.3 is 0 Å². The molecule has 0 atom stereocenters. The van der Waals surface area contributed by atoms with Crippen molar-refractivity contribution in [1.82, 2.24) is 4.98 Å². The molecule has 0 fully saturated rings. The number of aryl methyl sites for hydroxylation is 1. The number of nitrogens with zero attached hydrogens (tertiary/aromatic N) is 1. The zero-order valence-corrected chi connectivity index (χ0v) is 8.62. The Morgan fingerprint density at radius 2 is 2.00 bits per heavy atom. The maximum atomic E-state index is 5.37. The SMILES string of the molecule is Cc1cccc(CCN)n1.Cl.Cl. The third-order valence-electron chi connectivity index (χ3n) is 1.35. The summed E-state index contributed by atoms with van der Waals surface area (Å²) in [5.74, 6) is 0. The van der Waals surface area contributed by atoms with Gasteiger partial charge in [-0.3, -0.25) is 4.98 Å². The molecule has 0 amide bonds. The average Bonchev–Trinajstić information content (AvgIpc) is 1.88. The minimum absolute atomic E-state index is 0. The number of hydrogen-bond acceptors (Lipinski definition) is 2. The molecule has 2 nitrogen and oxygen atoms in total. The van der Waals surface area contributed by atoms with E-state index in [1.165, 1.54) is 0 Å². The number of halogens is 2. The van der Waals surface area contributed by atoms with Crippen molar-refractivity contribution >= 4 is 24.8 Å². The zero-order valence-electron chi connectivity index (χ0n) is 6.99. The summed E-state index contributed by atoms with van der Waals surface area (Å²) in [4.78, 5) is 4.28. The van der Waals surface area contributed by atoms with Crippen molar-refractivity contribution < 1.29 is 0 Å². The van der Waals surface area contributed by atoms with Crippen LogP contribution in [0, 0.1) is 6.92 Å². The summed E-state index contributed by atoms with van der Waals surface area (Å²) in [7, 11) is 0. The van der Waals surface area contributed by atoms with E-state index in [4.69, 9.17) is 5.73 Å². The van der Waals surface area contributed by atoms with Gasteiger partial charge < -0.3 is 5.73 Å². The molecule has 0 aliphatic carbocycles. The second-order valence-corrected chi connectivity index (χ2v) is 2.31. The largest absolute Gasteiger partial charge is 0.330 e. The molecule has 0 saturated carbocycles. The highest BCUT2D eigenvalue weighted by atomic mass is 35.5. The first-order valence-corrected chi connectivity index (χ1v) is 3.45. The van der Waals surface area contributed by atoms with E-state index < -0.39 is 0 Å². The summed E-state index contributed by atoms with van der Waals surface area (Å²) in [6.45, 7) is 2.66. The predicted octanol–water partition coefficient (Wildman–Crippen LogP) is 1.73. The smallest absolute Gasteiger partial charge is 0.0419 e. The molecule has 0 aliphatic heterocycles. The van der Waals surface area contributed by atoms with Gasteiger partial charge in [0.2, 0.25) is 0 Å². The molecule has 12 heavy (non-hydrogen) atoms. The quantitative estimate of drug-likeness (QED) is 0.805. The Hall–Kier alpha value is -0.310. The van der Waals surface area contributed by atoms with Crippen LogP contribution in [0.15, 0.2) is 18.2 Å². The Morgan fingerprint density at radius 3 is 2.50 bits per heavy atom. The summed E-state index contributed by atoms with van der Waals surface area (Å²) in [6, 6.07) is 5.99. The van der Waals surface area contributed by atoms with Crippen LogP contribution in [0.4, 0.5) is 0 Å². The lowest BCUT2D eigenvalue weighted by Gasteiger charge is -1.97. The lowest BCUT2D eigenvalue weighted by atomic mass is 10.2. The van der Waals surface area contributed by atoms with Crippen LogP contribution in [0.3, 0.4) is 0 Å². The van der Waals surface area contributed by atoms with Crippen LogP contribution in [-0.4, -0.2) is 11.5 Å². The lowest BCUT2D eigenvalue weighted by Crippen LogP contribution is -2.04. The zero-order chi connectivity index (χ0) is 7.40. The fraction of sp³-hybridized carbons (Fsp3) is 0.375. The fourth-order valence-corrected chi connectivity index (χ4v) is 0.887. The molecule has 0 aliphatic rings. The fourth-order valence-electron chi connectivity index (χ4n) is 0.887. The van der Waals surface area contributed by atoms with Gasteiger partial charge in [0, 0.05) is 17.8 Å². The minimum Gasteiger partial charge on any atom is -0.330 e. The van der Waals surface area contributed by atoms with Gasteiger partial charge in [-0.1, -0.05) is 6.07 Å². The molecule has 2 N–H and O–H groups in total. The third-order valence-corrected chi connectivity index (χ3v) is 1.35. The van der Waals surface area contributed by atoms with Gasteiger partial charge in [-0.05, 0) is 25.6 Å². The van der Waals surface area contributed by atoms with Gasteiger partial charge in [-0.25, -0.2) is 0 Å². The van der Waals surface area contributed by atoms with Crippen LogP contribution in [0.2, 0.25) is 0 Å². The van der Waals surface area contributed by atoms with E-state index in [1.54, 1.807) is 0 Å². The molecule has 70 valence electrons. The van der Waals surface area contributed by atoms with Gasteiger partial charge in [-0.15, -0.1) is 24.8 Å². The first-order chi connectivity index (χ1) is 4.83. The topological polar surface area (TPSA) is 38.9 Å². The second kappa shape index (κ2) is 7.35. The van der Waals surface area contributed by atoms with Crippen LogP contribution in [-0.2, 0) is 6.42 Å². The number of aromatic nitrogens is 1. The number of nitrogens with two attached hydrogens (primary N) is 1. The van der Waals surface area contributed by atoms with Gasteiger partial charge in [0.25, 0.3) is 0 Å². The molecule has 0 radical (unpaired) electrons. The summed E-state index contributed by atoms with van der Waals surface area (Å²) in [5.41, 5.74) is 7.52. The van der Waals surface area contributed by atoms with Gasteiger partial charge in [-0.2, -0.15) is 0 Å². The average molecular weight is 209 g/mol. The molecule has 1 heterocycles. The highest BCUT2D eigenvalue weighted by Crippen LogP contribution is 1.97. The van der Waals surface area contributed by atoms with Gasteiger partial charge in [0.05, 0.1) is 0 Å². The minimum atomic E-state index is 0. The van der Waals surface area contributed by atoms with Crippen molar-refractivity contribution in [1.29, 1.82) is 0 Å².